The molecule has 0 radical (unpaired) electrons. The Morgan fingerprint density at radius 3 is 2.68 bits per heavy atom. The van der Waals surface area contributed by atoms with Crippen molar-refractivity contribution in [3.05, 3.63) is 70.5 Å². The van der Waals surface area contributed by atoms with Crippen molar-refractivity contribution in [2.45, 2.75) is 6.42 Å². The standard InChI is InChI=1S/C15H13ClFNO/c16-13-6-3-5-12(10-13)15(19)18-9-8-11-4-1-2-7-14(11)17/h1-7,10H,8-9H2,(H,18,19). The van der Waals surface area contributed by atoms with Gasteiger partial charge in [-0.2, -0.15) is 0 Å². The monoisotopic (exact) mass is 277 g/mol. The zero-order valence-corrected chi connectivity index (χ0v) is 11.0. The number of hydrogen-bond acceptors (Lipinski definition) is 1. The van der Waals surface area contributed by atoms with E-state index in [1.807, 2.05) is 0 Å². The molecule has 0 aromatic heterocycles. The van der Waals surface area contributed by atoms with Gasteiger partial charge in [-0.15, -0.1) is 0 Å². The van der Waals surface area contributed by atoms with E-state index in [1.54, 1.807) is 42.5 Å². The van der Waals surface area contributed by atoms with Gasteiger partial charge in [0.25, 0.3) is 5.91 Å². The molecule has 0 bridgehead atoms. The number of hydrogen-bond donors (Lipinski definition) is 1. The molecule has 1 amide bonds. The summed E-state index contributed by atoms with van der Waals surface area (Å²) in [5, 5.41) is 3.25. The van der Waals surface area contributed by atoms with Crippen molar-refractivity contribution in [3.63, 3.8) is 0 Å². The van der Waals surface area contributed by atoms with Gasteiger partial charge in [-0.25, -0.2) is 4.39 Å². The van der Waals surface area contributed by atoms with Crippen LogP contribution in [-0.4, -0.2) is 12.5 Å². The first kappa shape index (κ1) is 13.6. The molecule has 2 rings (SSSR count). The summed E-state index contributed by atoms with van der Waals surface area (Å²) in [5.41, 5.74) is 1.09. The van der Waals surface area contributed by atoms with E-state index in [2.05, 4.69) is 5.32 Å². The Morgan fingerprint density at radius 1 is 1.16 bits per heavy atom. The molecule has 0 saturated heterocycles. The predicted octanol–water partition coefficient (Wildman–Crippen LogP) is 3.45. The molecule has 2 nitrogen and oxygen atoms in total. The van der Waals surface area contributed by atoms with Crippen LogP contribution in [0.1, 0.15) is 15.9 Å². The van der Waals surface area contributed by atoms with Gasteiger partial charge < -0.3 is 5.32 Å². The van der Waals surface area contributed by atoms with Crippen molar-refractivity contribution < 1.29 is 9.18 Å². The van der Waals surface area contributed by atoms with Gasteiger partial charge in [0.15, 0.2) is 0 Å². The van der Waals surface area contributed by atoms with Gasteiger partial charge in [-0.3, -0.25) is 4.79 Å². The molecule has 0 unspecified atom stereocenters. The Hall–Kier alpha value is -1.87. The Morgan fingerprint density at radius 2 is 1.95 bits per heavy atom. The average molecular weight is 278 g/mol. The van der Waals surface area contributed by atoms with Crippen LogP contribution in [0.25, 0.3) is 0 Å². The summed E-state index contributed by atoms with van der Waals surface area (Å²) in [6.45, 7) is 0.381. The zero-order chi connectivity index (χ0) is 13.7. The first-order chi connectivity index (χ1) is 9.16. The van der Waals surface area contributed by atoms with Gasteiger partial charge in [-0.1, -0.05) is 35.9 Å². The third kappa shape index (κ3) is 3.80. The highest BCUT2D eigenvalue weighted by molar-refractivity contribution is 6.30. The zero-order valence-electron chi connectivity index (χ0n) is 10.2. The first-order valence-corrected chi connectivity index (χ1v) is 6.32. The number of rotatable bonds is 4. The summed E-state index contributed by atoms with van der Waals surface area (Å²) >= 11 is 5.81. The molecule has 0 aliphatic rings. The molecule has 0 aliphatic carbocycles. The summed E-state index contributed by atoms with van der Waals surface area (Å²) < 4.78 is 13.4. The third-order valence-electron chi connectivity index (χ3n) is 2.72. The van der Waals surface area contributed by atoms with Gasteiger partial charge in [0.2, 0.25) is 0 Å². The van der Waals surface area contributed by atoms with Gasteiger partial charge >= 0.3 is 0 Å². The van der Waals surface area contributed by atoms with E-state index < -0.39 is 0 Å². The Kier molecular flexibility index (Phi) is 4.53. The van der Waals surface area contributed by atoms with Crippen LogP contribution in [0.3, 0.4) is 0 Å². The fraction of sp³-hybridized carbons (Fsp3) is 0.133. The van der Waals surface area contributed by atoms with Crippen molar-refractivity contribution in [2.24, 2.45) is 0 Å². The predicted molar refractivity (Wildman–Crippen MR) is 73.9 cm³/mol. The smallest absolute Gasteiger partial charge is 0.251 e. The molecule has 2 aromatic carbocycles. The van der Waals surface area contributed by atoms with E-state index in [0.717, 1.165) is 0 Å². The van der Waals surface area contributed by atoms with Crippen molar-refractivity contribution in [1.29, 1.82) is 0 Å². The molecule has 0 atom stereocenters. The molecule has 0 aliphatic heterocycles. The molecule has 19 heavy (non-hydrogen) atoms. The topological polar surface area (TPSA) is 29.1 Å². The minimum absolute atomic E-state index is 0.209. The molecule has 0 saturated carbocycles. The minimum atomic E-state index is -0.250. The van der Waals surface area contributed by atoms with Crippen LogP contribution in [0.2, 0.25) is 5.02 Å². The largest absolute Gasteiger partial charge is 0.352 e. The fourth-order valence-corrected chi connectivity index (χ4v) is 1.93. The van der Waals surface area contributed by atoms with Crippen molar-refractivity contribution in [3.8, 4) is 0 Å². The molecule has 1 N–H and O–H groups in total. The molecular formula is C15H13ClFNO. The molecule has 0 fully saturated rings. The minimum Gasteiger partial charge on any atom is -0.352 e. The molecular weight excluding hydrogens is 265 g/mol. The highest BCUT2D eigenvalue weighted by atomic mass is 35.5. The maximum Gasteiger partial charge on any atom is 0.251 e. The SMILES string of the molecule is O=C(NCCc1ccccc1F)c1cccc(Cl)c1. The Labute approximate surface area is 116 Å². The maximum atomic E-state index is 13.4. The highest BCUT2D eigenvalue weighted by Crippen LogP contribution is 2.10. The van der Waals surface area contributed by atoms with E-state index in [4.69, 9.17) is 11.6 Å². The molecule has 0 heterocycles. The third-order valence-corrected chi connectivity index (χ3v) is 2.96. The van der Waals surface area contributed by atoms with Gasteiger partial charge in [-0.05, 0) is 36.2 Å². The van der Waals surface area contributed by atoms with Crippen LogP contribution in [0, 0.1) is 5.82 Å². The van der Waals surface area contributed by atoms with Crippen LogP contribution >= 0.6 is 11.6 Å². The number of amides is 1. The first-order valence-electron chi connectivity index (χ1n) is 5.94. The highest BCUT2D eigenvalue weighted by Gasteiger charge is 2.06. The number of carbonyl (C=O) groups excluding carboxylic acids is 1. The number of halogens is 2. The molecule has 2 aromatic rings. The number of nitrogens with one attached hydrogen (secondary N) is 1. The van der Waals surface area contributed by atoms with Crippen LogP contribution in [-0.2, 0) is 6.42 Å². The summed E-state index contributed by atoms with van der Waals surface area (Å²) in [6.07, 6.45) is 0.457. The molecule has 4 heteroatoms. The van der Waals surface area contributed by atoms with Crippen molar-refractivity contribution in [2.75, 3.05) is 6.54 Å². The molecule has 98 valence electrons. The van der Waals surface area contributed by atoms with Gasteiger partial charge in [0, 0.05) is 17.1 Å². The lowest BCUT2D eigenvalue weighted by atomic mass is 10.1. The van der Waals surface area contributed by atoms with Crippen LogP contribution in [0.5, 0.6) is 0 Å². The second-order valence-electron chi connectivity index (χ2n) is 4.11. The maximum absolute atomic E-state index is 13.4. The van der Waals surface area contributed by atoms with Crippen molar-refractivity contribution in [1.82, 2.24) is 5.32 Å². The average Bonchev–Trinajstić information content (AvgIpc) is 2.41. The van der Waals surface area contributed by atoms with Crippen LogP contribution in [0.15, 0.2) is 48.5 Å². The van der Waals surface area contributed by atoms with E-state index >= 15 is 0 Å². The van der Waals surface area contributed by atoms with E-state index in [0.29, 0.717) is 29.1 Å². The number of carbonyl (C=O) groups is 1. The lowest BCUT2D eigenvalue weighted by Gasteiger charge is -2.06. The summed E-state index contributed by atoms with van der Waals surface area (Å²) in [5.74, 6) is -0.460. The van der Waals surface area contributed by atoms with E-state index in [1.165, 1.54) is 6.07 Å². The van der Waals surface area contributed by atoms with Crippen LogP contribution in [0.4, 0.5) is 4.39 Å². The van der Waals surface area contributed by atoms with Crippen molar-refractivity contribution >= 4 is 17.5 Å². The lowest BCUT2D eigenvalue weighted by Crippen LogP contribution is -2.25. The lowest BCUT2D eigenvalue weighted by molar-refractivity contribution is 0.0954. The molecule has 0 spiro atoms. The van der Waals surface area contributed by atoms with E-state index in [9.17, 15) is 9.18 Å². The van der Waals surface area contributed by atoms with Gasteiger partial charge in [0.05, 0.1) is 0 Å². The normalized spacial score (nSPS) is 10.2. The quantitative estimate of drug-likeness (QED) is 0.911. The van der Waals surface area contributed by atoms with E-state index in [-0.39, 0.29) is 11.7 Å². The fourth-order valence-electron chi connectivity index (χ4n) is 1.74. The summed E-state index contributed by atoms with van der Waals surface area (Å²) in [7, 11) is 0. The Bertz CT molecular complexity index is 586. The van der Waals surface area contributed by atoms with Crippen LogP contribution < -0.4 is 5.32 Å². The summed E-state index contributed by atoms with van der Waals surface area (Å²) in [4.78, 5) is 11.8. The Balaban J connectivity index is 1.90. The summed E-state index contributed by atoms with van der Waals surface area (Å²) in [6, 6.07) is 13.2. The second-order valence-corrected chi connectivity index (χ2v) is 4.54. The van der Waals surface area contributed by atoms with Gasteiger partial charge in [0.1, 0.15) is 5.82 Å². The number of benzene rings is 2. The second kappa shape index (κ2) is 6.34.